The Morgan fingerprint density at radius 3 is 2.62 bits per heavy atom. The molecule has 0 N–H and O–H groups in total. The molecule has 0 saturated heterocycles. The molecule has 16 heavy (non-hydrogen) atoms. The smallest absolute Gasteiger partial charge is 0.287 e. The van der Waals surface area contributed by atoms with E-state index in [4.69, 9.17) is 9.47 Å². The van der Waals surface area contributed by atoms with Crippen molar-refractivity contribution < 1.29 is 14.4 Å². The van der Waals surface area contributed by atoms with Gasteiger partial charge >= 0.3 is 0 Å². The highest BCUT2D eigenvalue weighted by Gasteiger charge is 2.29. The number of ether oxygens (including phenoxy) is 2. The first-order valence-corrected chi connectivity index (χ1v) is 4.66. The van der Waals surface area contributed by atoms with Gasteiger partial charge in [0.1, 0.15) is 18.2 Å². The predicted molar refractivity (Wildman–Crippen MR) is 55.1 cm³/mol. The van der Waals surface area contributed by atoms with Gasteiger partial charge in [0.2, 0.25) is 5.79 Å². The minimum atomic E-state index is -0.710. The van der Waals surface area contributed by atoms with Crippen molar-refractivity contribution in [1.82, 2.24) is 4.98 Å². The highest BCUT2D eigenvalue weighted by atomic mass is 16.7. The lowest BCUT2D eigenvalue weighted by Crippen LogP contribution is -2.20. The average Bonchev–Trinajstić information content (AvgIpc) is 2.59. The molecule has 1 aromatic rings. The number of nitrogens with zero attached hydrogens (tertiary/aromatic N) is 2. The minimum Gasteiger partial charge on any atom is -0.457 e. The maximum absolute atomic E-state index is 10.4. The van der Waals surface area contributed by atoms with Crippen molar-refractivity contribution in [2.75, 3.05) is 0 Å². The SMILES string of the molecule is CC1(C)OC=C(c2ccc([N+](=O)[O-])cn2)O1. The monoisotopic (exact) mass is 222 g/mol. The second kappa shape index (κ2) is 3.48. The molecular weight excluding hydrogens is 212 g/mol. The summed E-state index contributed by atoms with van der Waals surface area (Å²) in [7, 11) is 0. The Hall–Kier alpha value is -2.11. The van der Waals surface area contributed by atoms with E-state index in [2.05, 4.69) is 4.98 Å². The van der Waals surface area contributed by atoms with Crippen molar-refractivity contribution >= 4 is 11.4 Å². The molecule has 0 aromatic carbocycles. The lowest BCUT2D eigenvalue weighted by atomic mass is 10.3. The number of hydrogen-bond donors (Lipinski definition) is 0. The Kier molecular flexibility index (Phi) is 2.26. The Morgan fingerprint density at radius 1 is 1.44 bits per heavy atom. The standard InChI is InChI=1S/C10H10N2O4/c1-10(2)15-6-9(16-10)8-4-3-7(5-11-8)12(13)14/h3-6H,1-2H3. The van der Waals surface area contributed by atoms with Crippen molar-refractivity contribution in [2.45, 2.75) is 19.6 Å². The van der Waals surface area contributed by atoms with Gasteiger partial charge in [-0.25, -0.2) is 4.98 Å². The van der Waals surface area contributed by atoms with Gasteiger partial charge in [0.15, 0.2) is 5.76 Å². The number of nitro groups is 1. The third kappa shape index (κ3) is 1.95. The van der Waals surface area contributed by atoms with Crippen LogP contribution in [0.25, 0.3) is 5.76 Å². The first-order valence-electron chi connectivity index (χ1n) is 4.66. The van der Waals surface area contributed by atoms with E-state index in [1.807, 2.05) is 0 Å². The Bertz CT molecular complexity index is 450. The van der Waals surface area contributed by atoms with Gasteiger partial charge in [-0.1, -0.05) is 0 Å². The lowest BCUT2D eigenvalue weighted by molar-refractivity contribution is -0.385. The van der Waals surface area contributed by atoms with Crippen LogP contribution in [0.4, 0.5) is 5.69 Å². The molecule has 0 aliphatic carbocycles. The van der Waals surface area contributed by atoms with Gasteiger partial charge in [-0.3, -0.25) is 10.1 Å². The highest BCUT2D eigenvalue weighted by Crippen LogP contribution is 2.30. The molecule has 84 valence electrons. The molecule has 0 saturated carbocycles. The third-order valence-electron chi connectivity index (χ3n) is 2.02. The van der Waals surface area contributed by atoms with Crippen LogP contribution in [0.1, 0.15) is 19.5 Å². The van der Waals surface area contributed by atoms with Crippen LogP contribution < -0.4 is 0 Å². The van der Waals surface area contributed by atoms with Gasteiger partial charge in [0, 0.05) is 19.9 Å². The van der Waals surface area contributed by atoms with Crippen LogP contribution in [0.3, 0.4) is 0 Å². The number of rotatable bonds is 2. The lowest BCUT2D eigenvalue weighted by Gasteiger charge is -2.17. The van der Waals surface area contributed by atoms with E-state index in [9.17, 15) is 10.1 Å². The van der Waals surface area contributed by atoms with Crippen LogP contribution >= 0.6 is 0 Å². The summed E-state index contributed by atoms with van der Waals surface area (Å²) >= 11 is 0. The molecule has 0 unspecified atom stereocenters. The van der Waals surface area contributed by atoms with Crippen LogP contribution in [0.2, 0.25) is 0 Å². The quantitative estimate of drug-likeness (QED) is 0.565. The van der Waals surface area contributed by atoms with Gasteiger partial charge in [-0.05, 0) is 6.07 Å². The van der Waals surface area contributed by atoms with E-state index < -0.39 is 10.7 Å². The van der Waals surface area contributed by atoms with Gasteiger partial charge in [0.05, 0.1) is 4.92 Å². The minimum absolute atomic E-state index is 0.0532. The summed E-state index contributed by atoms with van der Waals surface area (Å²) in [6.45, 7) is 3.53. The Balaban J connectivity index is 2.21. The van der Waals surface area contributed by atoms with Gasteiger partial charge in [0.25, 0.3) is 5.69 Å². The van der Waals surface area contributed by atoms with Crippen LogP contribution in [0, 0.1) is 10.1 Å². The van der Waals surface area contributed by atoms with Crippen molar-refractivity contribution in [3.63, 3.8) is 0 Å². The van der Waals surface area contributed by atoms with Crippen molar-refractivity contribution in [1.29, 1.82) is 0 Å². The number of aromatic nitrogens is 1. The highest BCUT2D eigenvalue weighted by molar-refractivity contribution is 5.57. The van der Waals surface area contributed by atoms with E-state index in [0.717, 1.165) is 0 Å². The summed E-state index contributed by atoms with van der Waals surface area (Å²) in [5, 5.41) is 10.4. The summed E-state index contributed by atoms with van der Waals surface area (Å²) in [5.74, 6) is -0.237. The second-order valence-electron chi connectivity index (χ2n) is 3.76. The van der Waals surface area contributed by atoms with E-state index in [1.165, 1.54) is 24.6 Å². The fourth-order valence-corrected chi connectivity index (χ4v) is 1.26. The van der Waals surface area contributed by atoms with Crippen LogP contribution in [-0.2, 0) is 9.47 Å². The normalized spacial score (nSPS) is 17.2. The molecule has 6 nitrogen and oxygen atoms in total. The zero-order valence-corrected chi connectivity index (χ0v) is 8.84. The summed E-state index contributed by atoms with van der Waals surface area (Å²) in [4.78, 5) is 13.9. The van der Waals surface area contributed by atoms with Crippen molar-refractivity contribution in [3.05, 3.63) is 40.4 Å². The van der Waals surface area contributed by atoms with Crippen molar-refractivity contribution in [3.8, 4) is 0 Å². The molecule has 1 aliphatic rings. The third-order valence-corrected chi connectivity index (χ3v) is 2.02. The molecule has 0 fully saturated rings. The van der Waals surface area contributed by atoms with E-state index in [-0.39, 0.29) is 5.69 Å². The predicted octanol–water partition coefficient (Wildman–Crippen LogP) is 2.07. The first-order chi connectivity index (χ1) is 7.48. The fourth-order valence-electron chi connectivity index (χ4n) is 1.26. The fraction of sp³-hybridized carbons (Fsp3) is 0.300. The zero-order chi connectivity index (χ0) is 11.8. The molecule has 1 aliphatic heterocycles. The molecule has 2 rings (SSSR count). The molecule has 2 heterocycles. The maximum atomic E-state index is 10.4. The Morgan fingerprint density at radius 2 is 2.19 bits per heavy atom. The summed E-state index contributed by atoms with van der Waals surface area (Å²) in [6.07, 6.45) is 2.64. The topological polar surface area (TPSA) is 74.5 Å². The average molecular weight is 222 g/mol. The first kappa shape index (κ1) is 10.4. The van der Waals surface area contributed by atoms with E-state index >= 15 is 0 Å². The molecule has 6 heteroatoms. The molecule has 0 radical (unpaired) electrons. The molecular formula is C10H10N2O4. The van der Waals surface area contributed by atoms with E-state index in [1.54, 1.807) is 13.8 Å². The second-order valence-corrected chi connectivity index (χ2v) is 3.76. The summed E-state index contributed by atoms with van der Waals surface area (Å²) in [6, 6.07) is 2.90. The summed E-state index contributed by atoms with van der Waals surface area (Å²) < 4.78 is 10.7. The largest absolute Gasteiger partial charge is 0.457 e. The Labute approximate surface area is 91.7 Å². The molecule has 0 amide bonds. The molecule has 0 atom stereocenters. The van der Waals surface area contributed by atoms with Crippen LogP contribution in [0.15, 0.2) is 24.6 Å². The molecule has 0 bridgehead atoms. The van der Waals surface area contributed by atoms with Crippen LogP contribution in [0.5, 0.6) is 0 Å². The van der Waals surface area contributed by atoms with E-state index in [0.29, 0.717) is 11.5 Å². The van der Waals surface area contributed by atoms with Gasteiger partial charge in [-0.2, -0.15) is 0 Å². The number of hydrogen-bond acceptors (Lipinski definition) is 5. The molecule has 1 aromatic heterocycles. The van der Waals surface area contributed by atoms with Gasteiger partial charge in [-0.15, -0.1) is 0 Å². The van der Waals surface area contributed by atoms with Crippen molar-refractivity contribution in [2.24, 2.45) is 0 Å². The number of pyridine rings is 1. The maximum Gasteiger partial charge on any atom is 0.287 e. The van der Waals surface area contributed by atoms with Gasteiger partial charge < -0.3 is 9.47 Å². The summed E-state index contributed by atoms with van der Waals surface area (Å²) in [5.41, 5.74) is 0.457. The van der Waals surface area contributed by atoms with Crippen LogP contribution in [-0.4, -0.2) is 15.7 Å². The molecule has 0 spiro atoms. The zero-order valence-electron chi connectivity index (χ0n) is 8.84.